The van der Waals surface area contributed by atoms with Crippen molar-refractivity contribution in [3.8, 4) is 0 Å². The lowest BCUT2D eigenvalue weighted by Gasteiger charge is -2.70. The Hall–Kier alpha value is -0.910. The van der Waals surface area contributed by atoms with E-state index in [2.05, 4.69) is 47.6 Å². The van der Waals surface area contributed by atoms with Crippen LogP contribution in [0.3, 0.4) is 0 Å². The standard InChI is InChI=1S/C34H58O5/c1-22(35)39-27-16-18-31(6)25(29(27,2)3)15-20-33(8)26(31)13-12-23-24(14-19-32(23,33)7)34(9,38-11)21-17-28(37-10)30(4,5)36/h17,21,23-28,36H,12-16,18-20H2,1-11H3/b21-17+/t23-,24+,25+,26-,27+,28+,31+,32-,33-,34-/m1/s1. The molecule has 0 unspecified atom stereocenters. The van der Waals surface area contributed by atoms with Crippen molar-refractivity contribution < 1.29 is 24.1 Å². The number of carbonyl (C=O) groups is 1. The first-order valence-corrected chi connectivity index (χ1v) is 15.6. The first-order chi connectivity index (χ1) is 17.9. The van der Waals surface area contributed by atoms with E-state index in [0.717, 1.165) is 12.8 Å². The predicted molar refractivity (Wildman–Crippen MR) is 156 cm³/mol. The van der Waals surface area contributed by atoms with E-state index in [-0.39, 0.29) is 39.8 Å². The summed E-state index contributed by atoms with van der Waals surface area (Å²) in [5.41, 5.74) is -0.558. The summed E-state index contributed by atoms with van der Waals surface area (Å²) in [6.07, 6.45) is 13.3. The Morgan fingerprint density at radius 3 is 2.10 bits per heavy atom. The second-order valence-corrected chi connectivity index (χ2v) is 15.8. The van der Waals surface area contributed by atoms with Crippen LogP contribution in [0, 0.1) is 45.3 Å². The zero-order valence-corrected chi connectivity index (χ0v) is 26.9. The molecule has 0 bridgehead atoms. The second kappa shape index (κ2) is 10.1. The normalized spacial score (nSPS) is 44.2. The maximum absolute atomic E-state index is 11.9. The molecule has 39 heavy (non-hydrogen) atoms. The van der Waals surface area contributed by atoms with Crippen LogP contribution in [0.15, 0.2) is 12.2 Å². The van der Waals surface area contributed by atoms with Crippen molar-refractivity contribution in [2.75, 3.05) is 14.2 Å². The molecule has 0 aromatic carbocycles. The molecule has 4 rings (SSSR count). The highest BCUT2D eigenvalue weighted by Gasteiger charge is 2.69. The minimum Gasteiger partial charge on any atom is -0.462 e. The van der Waals surface area contributed by atoms with E-state index in [1.54, 1.807) is 27.9 Å². The summed E-state index contributed by atoms with van der Waals surface area (Å²) in [5.74, 6) is 2.14. The van der Waals surface area contributed by atoms with Crippen LogP contribution in [0.25, 0.3) is 0 Å². The van der Waals surface area contributed by atoms with E-state index >= 15 is 0 Å². The maximum atomic E-state index is 11.9. The number of aliphatic hydroxyl groups is 1. The van der Waals surface area contributed by atoms with Crippen LogP contribution >= 0.6 is 0 Å². The number of fused-ring (bicyclic) bond motifs is 5. The van der Waals surface area contributed by atoms with E-state index in [1.807, 2.05) is 13.2 Å². The van der Waals surface area contributed by atoms with Gasteiger partial charge in [-0.25, -0.2) is 0 Å². The molecule has 0 amide bonds. The van der Waals surface area contributed by atoms with Crippen LogP contribution in [0.4, 0.5) is 0 Å². The number of esters is 1. The Morgan fingerprint density at radius 1 is 0.897 bits per heavy atom. The van der Waals surface area contributed by atoms with Crippen LogP contribution in [0.5, 0.6) is 0 Å². The van der Waals surface area contributed by atoms with E-state index in [4.69, 9.17) is 14.2 Å². The summed E-state index contributed by atoms with van der Waals surface area (Å²) < 4.78 is 17.8. The molecule has 1 N–H and O–H groups in total. The molecule has 5 heteroatoms. The Kier molecular flexibility index (Phi) is 8.05. The van der Waals surface area contributed by atoms with Gasteiger partial charge in [-0.2, -0.15) is 0 Å². The molecule has 10 atom stereocenters. The van der Waals surface area contributed by atoms with Crippen molar-refractivity contribution >= 4 is 5.97 Å². The Balaban J connectivity index is 1.63. The average molecular weight is 547 g/mol. The van der Waals surface area contributed by atoms with Gasteiger partial charge >= 0.3 is 5.97 Å². The van der Waals surface area contributed by atoms with Crippen LogP contribution in [-0.2, 0) is 19.0 Å². The fourth-order valence-electron chi connectivity index (χ4n) is 11.0. The number of carbonyl (C=O) groups excluding carboxylic acids is 1. The summed E-state index contributed by atoms with van der Waals surface area (Å²) in [4.78, 5) is 11.9. The molecule has 224 valence electrons. The molecule has 4 aliphatic rings. The van der Waals surface area contributed by atoms with Gasteiger partial charge in [0.25, 0.3) is 0 Å². The van der Waals surface area contributed by atoms with Gasteiger partial charge in [0.05, 0.1) is 11.2 Å². The van der Waals surface area contributed by atoms with Gasteiger partial charge in [0.1, 0.15) is 12.2 Å². The van der Waals surface area contributed by atoms with Gasteiger partial charge in [0.15, 0.2) is 0 Å². The molecule has 4 fully saturated rings. The highest BCUT2D eigenvalue weighted by molar-refractivity contribution is 5.66. The number of rotatable bonds is 7. The van der Waals surface area contributed by atoms with Crippen LogP contribution in [0.1, 0.15) is 114 Å². The zero-order chi connectivity index (χ0) is 29.2. The SMILES string of the molecule is CO[C@@H](/C=C/[C@@](C)(OC)[C@H]1CC[C@]2(C)[C@@H]1CC[C@@H]1[C@@]3(C)CC[C@H](OC(C)=O)C(C)(C)[C@@H]3CC[C@]12C)C(C)(C)O. The maximum Gasteiger partial charge on any atom is 0.302 e. The molecule has 0 saturated heterocycles. The molecule has 4 aliphatic carbocycles. The molecular formula is C34H58O5. The number of hydrogen-bond donors (Lipinski definition) is 1. The topological polar surface area (TPSA) is 65.0 Å². The van der Waals surface area contributed by atoms with Gasteiger partial charge in [0, 0.05) is 26.6 Å². The van der Waals surface area contributed by atoms with Crippen molar-refractivity contribution in [3.05, 3.63) is 12.2 Å². The Bertz CT molecular complexity index is 950. The molecular weight excluding hydrogens is 488 g/mol. The molecule has 4 saturated carbocycles. The first-order valence-electron chi connectivity index (χ1n) is 15.6. The smallest absolute Gasteiger partial charge is 0.302 e. The summed E-state index contributed by atoms with van der Waals surface area (Å²) >= 11 is 0. The van der Waals surface area contributed by atoms with Gasteiger partial charge in [-0.05, 0) is 112 Å². The molecule has 0 heterocycles. The second-order valence-electron chi connectivity index (χ2n) is 15.8. The molecule has 0 radical (unpaired) electrons. The lowest BCUT2D eigenvalue weighted by Crippen LogP contribution is -2.64. The number of hydrogen-bond acceptors (Lipinski definition) is 5. The highest BCUT2D eigenvalue weighted by Crippen LogP contribution is 2.76. The molecule has 0 aromatic heterocycles. The van der Waals surface area contributed by atoms with Crippen molar-refractivity contribution in [2.45, 2.75) is 137 Å². The average Bonchev–Trinajstić information content (AvgIpc) is 3.19. The molecule has 5 nitrogen and oxygen atoms in total. The summed E-state index contributed by atoms with van der Waals surface area (Å²) in [6.45, 7) is 19.9. The summed E-state index contributed by atoms with van der Waals surface area (Å²) in [5, 5.41) is 10.6. The van der Waals surface area contributed by atoms with Crippen molar-refractivity contribution in [2.24, 2.45) is 45.3 Å². The molecule has 0 aliphatic heterocycles. The Morgan fingerprint density at radius 2 is 1.54 bits per heavy atom. The van der Waals surface area contributed by atoms with E-state index in [9.17, 15) is 9.90 Å². The summed E-state index contributed by atoms with van der Waals surface area (Å²) in [6, 6.07) is 0. The van der Waals surface area contributed by atoms with Crippen molar-refractivity contribution in [3.63, 3.8) is 0 Å². The largest absolute Gasteiger partial charge is 0.462 e. The first kappa shape index (κ1) is 31.0. The van der Waals surface area contributed by atoms with Crippen LogP contribution in [-0.4, -0.2) is 48.7 Å². The predicted octanol–water partition coefficient (Wildman–Crippen LogP) is 7.35. The van der Waals surface area contributed by atoms with Crippen LogP contribution < -0.4 is 0 Å². The third-order valence-electron chi connectivity index (χ3n) is 13.4. The van der Waals surface area contributed by atoms with Gasteiger partial charge in [-0.1, -0.05) is 46.8 Å². The fourth-order valence-corrected chi connectivity index (χ4v) is 11.0. The van der Waals surface area contributed by atoms with Crippen LogP contribution in [0.2, 0.25) is 0 Å². The monoisotopic (exact) mass is 546 g/mol. The Labute approximate surface area is 238 Å². The van der Waals surface area contributed by atoms with E-state index < -0.39 is 11.2 Å². The highest BCUT2D eigenvalue weighted by atomic mass is 16.5. The minimum atomic E-state index is -0.952. The lowest BCUT2D eigenvalue weighted by atomic mass is 9.35. The lowest BCUT2D eigenvalue weighted by molar-refractivity contribution is -0.229. The third kappa shape index (κ3) is 4.75. The minimum absolute atomic E-state index is 0.00620. The van der Waals surface area contributed by atoms with Crippen molar-refractivity contribution in [1.29, 1.82) is 0 Å². The van der Waals surface area contributed by atoms with E-state index in [0.29, 0.717) is 23.7 Å². The number of methoxy groups -OCH3 is 2. The van der Waals surface area contributed by atoms with Gasteiger partial charge in [-0.15, -0.1) is 0 Å². The molecule has 0 spiro atoms. The third-order valence-corrected chi connectivity index (χ3v) is 13.4. The van der Waals surface area contributed by atoms with Gasteiger partial charge in [0.2, 0.25) is 0 Å². The number of ether oxygens (including phenoxy) is 3. The molecule has 0 aromatic rings. The van der Waals surface area contributed by atoms with Gasteiger partial charge in [-0.3, -0.25) is 4.79 Å². The van der Waals surface area contributed by atoms with Gasteiger partial charge < -0.3 is 19.3 Å². The quantitative estimate of drug-likeness (QED) is 0.267. The zero-order valence-electron chi connectivity index (χ0n) is 26.9. The summed E-state index contributed by atoms with van der Waals surface area (Å²) in [7, 11) is 3.50. The van der Waals surface area contributed by atoms with E-state index in [1.165, 1.54) is 38.5 Å². The van der Waals surface area contributed by atoms with Crippen molar-refractivity contribution in [1.82, 2.24) is 0 Å². The fraction of sp³-hybridized carbons (Fsp3) is 0.912.